The Kier molecular flexibility index (Phi) is 4.58. The smallest absolute Gasteiger partial charge is 0.310 e. The summed E-state index contributed by atoms with van der Waals surface area (Å²) in [5, 5.41) is 0.451. The van der Waals surface area contributed by atoms with Crippen molar-refractivity contribution in [3.8, 4) is 11.5 Å². The molecule has 1 aliphatic carbocycles. The molecule has 0 aliphatic heterocycles. The molecule has 142 valence electrons. The molecule has 27 heavy (non-hydrogen) atoms. The molecule has 0 atom stereocenters. The van der Waals surface area contributed by atoms with Gasteiger partial charge in [0.25, 0.3) is 0 Å². The highest BCUT2D eigenvalue weighted by molar-refractivity contribution is 6.33. The number of halogens is 4. The summed E-state index contributed by atoms with van der Waals surface area (Å²) in [4.78, 5) is 12.7. The Morgan fingerprint density at radius 1 is 1.07 bits per heavy atom. The molecule has 0 spiro atoms. The normalized spacial score (nSPS) is 16.2. The number of hydrogen-bond donors (Lipinski definition) is 0. The van der Waals surface area contributed by atoms with Crippen molar-refractivity contribution in [2.75, 3.05) is 0 Å². The first-order valence-corrected chi connectivity index (χ1v) is 9.28. The first-order valence-electron chi connectivity index (χ1n) is 8.90. The minimum absolute atomic E-state index is 0.163. The van der Waals surface area contributed by atoms with E-state index in [-0.39, 0.29) is 5.52 Å². The molecule has 4 rings (SSSR count). The highest BCUT2D eigenvalue weighted by Gasteiger charge is 2.32. The van der Waals surface area contributed by atoms with Gasteiger partial charge in [-0.2, -0.15) is 13.2 Å². The Bertz CT molecular complexity index is 991. The van der Waals surface area contributed by atoms with Crippen molar-refractivity contribution in [3.05, 3.63) is 40.7 Å². The van der Waals surface area contributed by atoms with Gasteiger partial charge in [0.2, 0.25) is 0 Å². The minimum atomic E-state index is -4.46. The van der Waals surface area contributed by atoms with E-state index in [1.165, 1.54) is 19.3 Å². The van der Waals surface area contributed by atoms with Crippen LogP contribution in [0.3, 0.4) is 0 Å². The molecule has 0 bridgehead atoms. The van der Waals surface area contributed by atoms with E-state index in [0.29, 0.717) is 28.1 Å². The molecule has 4 nitrogen and oxygen atoms in total. The Morgan fingerprint density at radius 2 is 1.81 bits per heavy atom. The molecule has 0 saturated heterocycles. The van der Waals surface area contributed by atoms with Crippen molar-refractivity contribution in [1.82, 2.24) is 19.5 Å². The second-order valence-electron chi connectivity index (χ2n) is 6.99. The van der Waals surface area contributed by atoms with Crippen molar-refractivity contribution in [3.63, 3.8) is 0 Å². The van der Waals surface area contributed by atoms with Crippen molar-refractivity contribution in [1.29, 1.82) is 0 Å². The second-order valence-corrected chi connectivity index (χ2v) is 7.40. The van der Waals surface area contributed by atoms with Crippen LogP contribution in [0.25, 0.3) is 22.7 Å². The third-order valence-electron chi connectivity index (χ3n) is 5.19. The summed E-state index contributed by atoms with van der Waals surface area (Å²) >= 11 is 6.47. The number of alkyl halides is 3. The van der Waals surface area contributed by atoms with Gasteiger partial charge in [-0.1, -0.05) is 30.9 Å². The highest BCUT2D eigenvalue weighted by atomic mass is 35.5. The fraction of sp³-hybridized carbons (Fsp3) is 0.421. The van der Waals surface area contributed by atoms with Gasteiger partial charge in [-0.25, -0.2) is 9.97 Å². The number of rotatable bonds is 2. The Labute approximate surface area is 159 Å². The van der Waals surface area contributed by atoms with Crippen LogP contribution in [0.15, 0.2) is 24.5 Å². The molecule has 1 saturated carbocycles. The molecule has 3 heterocycles. The zero-order chi connectivity index (χ0) is 19.2. The first-order chi connectivity index (χ1) is 12.8. The summed E-state index contributed by atoms with van der Waals surface area (Å²) in [6.45, 7) is 0. The molecular formula is C19H18ClF3N4. The van der Waals surface area contributed by atoms with E-state index in [1.807, 2.05) is 12.3 Å². The van der Waals surface area contributed by atoms with E-state index in [1.54, 1.807) is 11.6 Å². The van der Waals surface area contributed by atoms with Crippen LogP contribution in [0.1, 0.15) is 49.1 Å². The van der Waals surface area contributed by atoms with E-state index in [0.717, 1.165) is 30.7 Å². The van der Waals surface area contributed by atoms with Crippen LogP contribution in [-0.2, 0) is 13.2 Å². The van der Waals surface area contributed by atoms with Crippen LogP contribution in [0, 0.1) is 0 Å². The standard InChI is InChI=1S/C19H18ClF3N4/c1-27-17-15(8-13(10-25-17)19(21,22)23)26-18(27)16-14(20)7-12(9-24-16)11-5-3-2-4-6-11/h7-11H,2-6H2,1H3. The maximum absolute atomic E-state index is 12.9. The minimum Gasteiger partial charge on any atom is -0.310 e. The van der Waals surface area contributed by atoms with Gasteiger partial charge in [-0.3, -0.25) is 4.98 Å². The van der Waals surface area contributed by atoms with Gasteiger partial charge >= 0.3 is 6.18 Å². The zero-order valence-corrected chi connectivity index (χ0v) is 15.5. The number of hydrogen-bond acceptors (Lipinski definition) is 3. The summed E-state index contributed by atoms with van der Waals surface area (Å²) in [5.41, 5.74) is 1.25. The van der Waals surface area contributed by atoms with Crippen LogP contribution in [0.5, 0.6) is 0 Å². The molecular weight excluding hydrogens is 377 g/mol. The molecule has 1 aliphatic rings. The average molecular weight is 395 g/mol. The van der Waals surface area contributed by atoms with Gasteiger partial charge < -0.3 is 4.57 Å². The molecule has 0 amide bonds. The van der Waals surface area contributed by atoms with Gasteiger partial charge in [0, 0.05) is 19.4 Å². The quantitative estimate of drug-likeness (QED) is 0.555. The third kappa shape index (κ3) is 3.40. The largest absolute Gasteiger partial charge is 0.417 e. The fourth-order valence-corrected chi connectivity index (χ4v) is 3.98. The van der Waals surface area contributed by atoms with Crippen LogP contribution in [0.4, 0.5) is 13.2 Å². The van der Waals surface area contributed by atoms with E-state index < -0.39 is 11.7 Å². The predicted octanol–water partition coefficient (Wildman–Crippen LogP) is 5.75. The summed E-state index contributed by atoms with van der Waals surface area (Å²) in [5.74, 6) is 0.867. The van der Waals surface area contributed by atoms with Gasteiger partial charge in [0.1, 0.15) is 11.2 Å². The van der Waals surface area contributed by atoms with Gasteiger partial charge in [0.15, 0.2) is 11.5 Å². The molecule has 3 aromatic heterocycles. The highest BCUT2D eigenvalue weighted by Crippen LogP contribution is 2.36. The molecule has 0 aromatic carbocycles. The number of imidazole rings is 1. The van der Waals surface area contributed by atoms with Crippen LogP contribution in [0.2, 0.25) is 5.02 Å². The molecule has 0 N–H and O–H groups in total. The zero-order valence-electron chi connectivity index (χ0n) is 14.7. The number of aromatic nitrogens is 4. The summed E-state index contributed by atoms with van der Waals surface area (Å²) < 4.78 is 40.4. The van der Waals surface area contributed by atoms with Gasteiger partial charge in [0.05, 0.1) is 10.6 Å². The molecule has 1 fully saturated rings. The molecule has 3 aromatic rings. The lowest BCUT2D eigenvalue weighted by Gasteiger charge is -2.22. The Morgan fingerprint density at radius 3 is 2.48 bits per heavy atom. The van der Waals surface area contributed by atoms with Gasteiger partial charge in [-0.15, -0.1) is 0 Å². The summed E-state index contributed by atoms with van der Waals surface area (Å²) in [6.07, 6.45) is 4.12. The maximum atomic E-state index is 12.9. The average Bonchev–Trinajstić information content (AvgIpc) is 2.98. The summed E-state index contributed by atoms with van der Waals surface area (Å²) in [6, 6.07) is 2.91. The number of pyridine rings is 2. The number of fused-ring (bicyclic) bond motifs is 1. The SMILES string of the molecule is Cn1c(-c2ncc(C3CCCCC3)cc2Cl)nc2cc(C(F)(F)F)cnc21. The van der Waals surface area contributed by atoms with Gasteiger partial charge in [-0.05, 0) is 36.5 Å². The maximum Gasteiger partial charge on any atom is 0.417 e. The Balaban J connectivity index is 1.74. The lowest BCUT2D eigenvalue weighted by molar-refractivity contribution is -0.137. The van der Waals surface area contributed by atoms with E-state index in [9.17, 15) is 13.2 Å². The molecule has 8 heteroatoms. The lowest BCUT2D eigenvalue weighted by Crippen LogP contribution is -2.06. The first kappa shape index (κ1) is 18.2. The topological polar surface area (TPSA) is 43.6 Å². The van der Waals surface area contributed by atoms with E-state index in [2.05, 4.69) is 15.0 Å². The van der Waals surface area contributed by atoms with Crippen LogP contribution in [-0.4, -0.2) is 19.5 Å². The van der Waals surface area contributed by atoms with Crippen molar-refractivity contribution in [2.45, 2.75) is 44.2 Å². The molecule has 0 unspecified atom stereocenters. The second kappa shape index (κ2) is 6.78. The van der Waals surface area contributed by atoms with Crippen LogP contribution >= 0.6 is 11.6 Å². The number of nitrogens with zero attached hydrogens (tertiary/aromatic N) is 4. The van der Waals surface area contributed by atoms with Crippen LogP contribution < -0.4 is 0 Å². The molecule has 0 radical (unpaired) electrons. The number of aryl methyl sites for hydroxylation is 1. The monoisotopic (exact) mass is 394 g/mol. The Hall–Kier alpha value is -2.15. The van der Waals surface area contributed by atoms with Crippen molar-refractivity contribution >= 4 is 22.8 Å². The van der Waals surface area contributed by atoms with E-state index in [4.69, 9.17) is 11.6 Å². The predicted molar refractivity (Wildman–Crippen MR) is 97.6 cm³/mol. The van der Waals surface area contributed by atoms with Crippen molar-refractivity contribution < 1.29 is 13.2 Å². The van der Waals surface area contributed by atoms with E-state index >= 15 is 0 Å². The van der Waals surface area contributed by atoms with Crippen molar-refractivity contribution in [2.24, 2.45) is 7.05 Å². The third-order valence-corrected chi connectivity index (χ3v) is 5.48. The summed E-state index contributed by atoms with van der Waals surface area (Å²) in [7, 11) is 1.69. The lowest BCUT2D eigenvalue weighted by atomic mass is 9.85. The fourth-order valence-electron chi connectivity index (χ4n) is 3.72.